The van der Waals surface area contributed by atoms with Crippen molar-refractivity contribution < 1.29 is 22.4 Å². The van der Waals surface area contributed by atoms with Crippen molar-refractivity contribution in [1.82, 2.24) is 0 Å². The van der Waals surface area contributed by atoms with Crippen LogP contribution in [-0.4, -0.2) is 5.24 Å². The van der Waals surface area contributed by atoms with Crippen molar-refractivity contribution >= 4 is 16.8 Å². The number of halogens is 5. The zero-order valence-corrected chi connectivity index (χ0v) is 10.6. The van der Waals surface area contributed by atoms with E-state index in [0.717, 1.165) is 18.2 Å². The Bertz CT molecular complexity index is 664. The molecule has 0 N–H and O–H groups in total. The summed E-state index contributed by atoms with van der Waals surface area (Å²) >= 11 is 5.17. The molecule has 0 aliphatic carbocycles. The van der Waals surface area contributed by atoms with Gasteiger partial charge >= 0.3 is 6.18 Å². The van der Waals surface area contributed by atoms with Crippen molar-refractivity contribution in [3.05, 3.63) is 59.4 Å². The lowest BCUT2D eigenvalue weighted by Crippen LogP contribution is -2.09. The smallest absolute Gasteiger partial charge is 0.276 e. The number of carbonyl (C=O) groups excluding carboxylic acids is 1. The van der Waals surface area contributed by atoms with Crippen LogP contribution in [-0.2, 0) is 6.18 Å². The molecular formula is C14H7ClF4O. The van der Waals surface area contributed by atoms with Crippen LogP contribution in [0.1, 0.15) is 15.9 Å². The number of alkyl halides is 3. The molecule has 0 radical (unpaired) electrons. The molecule has 104 valence electrons. The van der Waals surface area contributed by atoms with Crippen LogP contribution >= 0.6 is 11.6 Å². The van der Waals surface area contributed by atoms with Crippen molar-refractivity contribution in [2.75, 3.05) is 0 Å². The molecular weight excluding hydrogens is 296 g/mol. The normalized spacial score (nSPS) is 11.4. The number of hydrogen-bond acceptors (Lipinski definition) is 1. The third-order valence-electron chi connectivity index (χ3n) is 2.72. The molecule has 2 aromatic rings. The summed E-state index contributed by atoms with van der Waals surface area (Å²) in [6.07, 6.45) is -4.72. The number of hydrogen-bond donors (Lipinski definition) is 0. The molecule has 0 aromatic heterocycles. The fraction of sp³-hybridized carbons (Fsp3) is 0.0714. The Morgan fingerprint density at radius 3 is 2.20 bits per heavy atom. The molecule has 0 saturated carbocycles. The average Bonchev–Trinajstić information content (AvgIpc) is 2.37. The van der Waals surface area contributed by atoms with E-state index in [4.69, 9.17) is 11.6 Å². The highest BCUT2D eigenvalue weighted by Crippen LogP contribution is 2.38. The van der Waals surface area contributed by atoms with Crippen molar-refractivity contribution in [2.24, 2.45) is 0 Å². The van der Waals surface area contributed by atoms with Gasteiger partial charge < -0.3 is 0 Å². The van der Waals surface area contributed by atoms with Crippen molar-refractivity contribution in [3.8, 4) is 11.1 Å². The minimum absolute atomic E-state index is 0.187. The van der Waals surface area contributed by atoms with Crippen LogP contribution in [0.5, 0.6) is 0 Å². The SMILES string of the molecule is O=C(Cl)c1ccc(-c2ccccc2F)c(C(F)(F)F)c1. The maximum Gasteiger partial charge on any atom is 0.417 e. The zero-order chi connectivity index (χ0) is 14.9. The van der Waals surface area contributed by atoms with Crippen molar-refractivity contribution in [2.45, 2.75) is 6.18 Å². The van der Waals surface area contributed by atoms with E-state index in [2.05, 4.69) is 0 Å². The molecule has 0 unspecified atom stereocenters. The Labute approximate surface area is 116 Å². The maximum absolute atomic E-state index is 13.6. The van der Waals surface area contributed by atoms with Crippen LogP contribution in [0.2, 0.25) is 0 Å². The predicted molar refractivity (Wildman–Crippen MR) is 67.0 cm³/mol. The fourth-order valence-corrected chi connectivity index (χ4v) is 1.93. The Hall–Kier alpha value is -1.88. The lowest BCUT2D eigenvalue weighted by atomic mass is 9.97. The quantitative estimate of drug-likeness (QED) is 0.570. The van der Waals surface area contributed by atoms with Gasteiger partial charge in [0, 0.05) is 11.1 Å². The van der Waals surface area contributed by atoms with Gasteiger partial charge in [-0.3, -0.25) is 4.79 Å². The van der Waals surface area contributed by atoms with Crippen molar-refractivity contribution in [1.29, 1.82) is 0 Å². The van der Waals surface area contributed by atoms with Gasteiger partial charge in [-0.1, -0.05) is 24.3 Å². The molecule has 0 atom stereocenters. The first-order chi connectivity index (χ1) is 9.30. The van der Waals surface area contributed by atoms with Crippen LogP contribution in [0.3, 0.4) is 0 Å². The highest BCUT2D eigenvalue weighted by Gasteiger charge is 2.34. The van der Waals surface area contributed by atoms with E-state index >= 15 is 0 Å². The largest absolute Gasteiger partial charge is 0.417 e. The second kappa shape index (κ2) is 5.25. The maximum atomic E-state index is 13.6. The Morgan fingerprint density at radius 2 is 1.65 bits per heavy atom. The summed E-state index contributed by atoms with van der Waals surface area (Å²) < 4.78 is 52.7. The second-order valence-corrected chi connectivity index (χ2v) is 4.35. The van der Waals surface area contributed by atoms with Crippen LogP contribution in [0, 0.1) is 5.82 Å². The summed E-state index contributed by atoms with van der Waals surface area (Å²) in [4.78, 5) is 11.0. The molecule has 20 heavy (non-hydrogen) atoms. The van der Waals surface area contributed by atoms with E-state index in [1.807, 2.05) is 0 Å². The summed E-state index contributed by atoms with van der Waals surface area (Å²) in [5, 5.41) is -1.00. The summed E-state index contributed by atoms with van der Waals surface area (Å²) in [5.41, 5.74) is -1.92. The van der Waals surface area contributed by atoms with E-state index in [1.54, 1.807) is 0 Å². The molecule has 0 spiro atoms. The van der Waals surface area contributed by atoms with Gasteiger partial charge in [0.05, 0.1) is 5.56 Å². The molecule has 0 fully saturated rings. The van der Waals surface area contributed by atoms with Gasteiger partial charge in [0.1, 0.15) is 5.82 Å². The molecule has 2 aromatic carbocycles. The first kappa shape index (κ1) is 14.5. The molecule has 0 aliphatic rings. The standard InChI is InChI=1S/C14H7ClF4O/c15-13(20)8-5-6-9(11(7-8)14(17,18)19)10-3-1-2-4-12(10)16/h1-7H. The summed E-state index contributed by atoms with van der Waals surface area (Å²) in [6.45, 7) is 0. The molecule has 0 bridgehead atoms. The third-order valence-corrected chi connectivity index (χ3v) is 2.93. The highest BCUT2D eigenvalue weighted by molar-refractivity contribution is 6.67. The van der Waals surface area contributed by atoms with Crippen LogP contribution in [0.15, 0.2) is 42.5 Å². The van der Waals surface area contributed by atoms with Crippen LogP contribution < -0.4 is 0 Å². The van der Waals surface area contributed by atoms with E-state index in [1.165, 1.54) is 18.2 Å². The van der Waals surface area contributed by atoms with Crippen LogP contribution in [0.4, 0.5) is 17.6 Å². The topological polar surface area (TPSA) is 17.1 Å². The van der Waals surface area contributed by atoms with Gasteiger partial charge in [0.2, 0.25) is 0 Å². The molecule has 6 heteroatoms. The molecule has 0 heterocycles. The first-order valence-electron chi connectivity index (χ1n) is 5.46. The Balaban J connectivity index is 2.71. The van der Waals surface area contributed by atoms with E-state index < -0.39 is 22.8 Å². The van der Waals surface area contributed by atoms with Gasteiger partial charge in [-0.15, -0.1) is 0 Å². The lowest BCUT2D eigenvalue weighted by Gasteiger charge is -2.14. The predicted octanol–water partition coefficient (Wildman–Crippen LogP) is 4.89. The molecule has 1 nitrogen and oxygen atoms in total. The van der Waals surface area contributed by atoms with Gasteiger partial charge in [-0.25, -0.2) is 4.39 Å². The van der Waals surface area contributed by atoms with Crippen LogP contribution in [0.25, 0.3) is 11.1 Å². The summed E-state index contributed by atoms with van der Waals surface area (Å²) in [7, 11) is 0. The number of carbonyl (C=O) groups is 1. The first-order valence-corrected chi connectivity index (χ1v) is 5.84. The average molecular weight is 303 g/mol. The fourth-order valence-electron chi connectivity index (χ4n) is 1.82. The summed E-state index contributed by atoms with van der Waals surface area (Å²) in [6, 6.07) is 7.90. The number of rotatable bonds is 2. The molecule has 0 amide bonds. The molecule has 0 aliphatic heterocycles. The highest BCUT2D eigenvalue weighted by atomic mass is 35.5. The number of benzene rings is 2. The van der Waals surface area contributed by atoms with Gasteiger partial charge in [0.25, 0.3) is 5.24 Å². The van der Waals surface area contributed by atoms with Crippen molar-refractivity contribution in [3.63, 3.8) is 0 Å². The zero-order valence-electron chi connectivity index (χ0n) is 9.84. The van der Waals surface area contributed by atoms with E-state index in [-0.39, 0.29) is 16.7 Å². The Morgan fingerprint density at radius 1 is 1.00 bits per heavy atom. The third kappa shape index (κ3) is 2.82. The van der Waals surface area contributed by atoms with Gasteiger partial charge in [-0.2, -0.15) is 13.2 Å². The minimum atomic E-state index is -4.72. The lowest BCUT2D eigenvalue weighted by molar-refractivity contribution is -0.137. The molecule has 0 saturated heterocycles. The van der Waals surface area contributed by atoms with Gasteiger partial charge in [-0.05, 0) is 35.4 Å². The van der Waals surface area contributed by atoms with E-state index in [9.17, 15) is 22.4 Å². The monoisotopic (exact) mass is 302 g/mol. The summed E-state index contributed by atoms with van der Waals surface area (Å²) in [5.74, 6) is -0.775. The van der Waals surface area contributed by atoms with Gasteiger partial charge in [0.15, 0.2) is 0 Å². The second-order valence-electron chi connectivity index (χ2n) is 4.01. The Kier molecular flexibility index (Phi) is 3.81. The minimum Gasteiger partial charge on any atom is -0.276 e. The molecule has 2 rings (SSSR count). The van der Waals surface area contributed by atoms with E-state index in [0.29, 0.717) is 6.07 Å².